The Morgan fingerprint density at radius 3 is 2.62 bits per heavy atom. The maximum Gasteiger partial charge on any atom is 0.359 e. The predicted molar refractivity (Wildman–Crippen MR) is 56.6 cm³/mol. The minimum absolute atomic E-state index is 0.122. The quantitative estimate of drug-likeness (QED) is 0.895. The first-order valence-corrected chi connectivity index (χ1v) is 5.11. The monoisotopic (exact) mass is 303 g/mol. The van der Waals surface area contributed by atoms with Crippen molar-refractivity contribution >= 4 is 33.5 Å². The maximum absolute atomic E-state index is 10.7. The summed E-state index contributed by atoms with van der Waals surface area (Å²) in [6.45, 7) is 0. The van der Waals surface area contributed by atoms with Gasteiger partial charge in [0.05, 0.1) is 0 Å². The van der Waals surface area contributed by atoms with Crippen LogP contribution in [0.2, 0.25) is 5.15 Å². The Morgan fingerprint density at radius 1 is 1.38 bits per heavy atom. The molecule has 0 saturated carbocycles. The van der Waals surface area contributed by atoms with Gasteiger partial charge < -0.3 is 5.11 Å². The standard InChI is InChI=1S/C7H3BrClN5O2/c8-6-5(7(15)16)12-14(13-6)4-2-1-3(9)10-11-4/h1-2H,(H,15,16). The smallest absolute Gasteiger partial charge is 0.359 e. The van der Waals surface area contributed by atoms with E-state index in [0.717, 1.165) is 4.80 Å². The average molecular weight is 304 g/mol. The topological polar surface area (TPSA) is 93.8 Å². The van der Waals surface area contributed by atoms with E-state index >= 15 is 0 Å². The summed E-state index contributed by atoms with van der Waals surface area (Å²) in [6, 6.07) is 3.02. The molecule has 0 saturated heterocycles. The van der Waals surface area contributed by atoms with Crippen LogP contribution in [0.4, 0.5) is 0 Å². The lowest BCUT2D eigenvalue weighted by atomic mass is 10.5. The van der Waals surface area contributed by atoms with Gasteiger partial charge in [-0.2, -0.15) is 0 Å². The highest BCUT2D eigenvalue weighted by atomic mass is 79.9. The molecule has 0 fully saturated rings. The van der Waals surface area contributed by atoms with Gasteiger partial charge in [0.2, 0.25) is 5.69 Å². The van der Waals surface area contributed by atoms with Crippen molar-refractivity contribution < 1.29 is 9.90 Å². The van der Waals surface area contributed by atoms with Gasteiger partial charge in [0, 0.05) is 0 Å². The molecule has 82 valence electrons. The van der Waals surface area contributed by atoms with E-state index in [9.17, 15) is 4.79 Å². The van der Waals surface area contributed by atoms with Crippen molar-refractivity contribution in [1.82, 2.24) is 25.2 Å². The number of carboxylic acid groups (broad SMARTS) is 1. The Bertz CT molecular complexity index is 540. The van der Waals surface area contributed by atoms with Crippen molar-refractivity contribution in [2.75, 3.05) is 0 Å². The lowest BCUT2D eigenvalue weighted by Crippen LogP contribution is -2.04. The second kappa shape index (κ2) is 4.14. The van der Waals surface area contributed by atoms with Crippen molar-refractivity contribution in [2.45, 2.75) is 0 Å². The summed E-state index contributed by atoms with van der Waals surface area (Å²) in [5.41, 5.74) is -0.197. The predicted octanol–water partition coefficient (Wildman–Crippen LogP) is 1.17. The molecule has 0 aliphatic heterocycles. The molecular weight excluding hydrogens is 301 g/mol. The van der Waals surface area contributed by atoms with Crippen LogP contribution < -0.4 is 0 Å². The van der Waals surface area contributed by atoms with E-state index in [-0.39, 0.29) is 21.3 Å². The molecule has 0 bridgehead atoms. The van der Waals surface area contributed by atoms with E-state index in [4.69, 9.17) is 16.7 Å². The molecule has 1 N–H and O–H groups in total. The van der Waals surface area contributed by atoms with Crippen molar-refractivity contribution in [3.63, 3.8) is 0 Å². The van der Waals surface area contributed by atoms with Crippen molar-refractivity contribution in [2.24, 2.45) is 0 Å². The maximum atomic E-state index is 10.7. The largest absolute Gasteiger partial charge is 0.476 e. The highest BCUT2D eigenvalue weighted by Gasteiger charge is 2.16. The molecule has 9 heteroatoms. The second-order valence-corrected chi connectivity index (χ2v) is 3.79. The number of aromatic carboxylic acids is 1. The van der Waals surface area contributed by atoms with E-state index < -0.39 is 5.97 Å². The van der Waals surface area contributed by atoms with Crippen LogP contribution in [0.1, 0.15) is 10.5 Å². The van der Waals surface area contributed by atoms with Crippen LogP contribution in [-0.2, 0) is 0 Å². The van der Waals surface area contributed by atoms with Crippen LogP contribution in [-0.4, -0.2) is 36.3 Å². The summed E-state index contributed by atoms with van der Waals surface area (Å²) >= 11 is 8.54. The van der Waals surface area contributed by atoms with E-state index in [0.29, 0.717) is 0 Å². The van der Waals surface area contributed by atoms with Crippen molar-refractivity contribution in [1.29, 1.82) is 0 Å². The van der Waals surface area contributed by atoms with Crippen LogP contribution in [0.3, 0.4) is 0 Å². The Kier molecular flexibility index (Phi) is 2.84. The van der Waals surface area contributed by atoms with Crippen molar-refractivity contribution in [3.05, 3.63) is 27.6 Å². The highest BCUT2D eigenvalue weighted by Crippen LogP contribution is 2.13. The number of halogens is 2. The molecular formula is C7H3BrClN5O2. The van der Waals surface area contributed by atoms with E-state index in [1.165, 1.54) is 12.1 Å². The third kappa shape index (κ3) is 2.02. The molecule has 2 rings (SSSR count). The molecule has 2 aromatic rings. The SMILES string of the molecule is O=C(O)c1nn(-c2ccc(Cl)nn2)nc1Br. The molecule has 0 amide bonds. The van der Waals surface area contributed by atoms with E-state index in [1.54, 1.807) is 0 Å². The molecule has 0 spiro atoms. The Hall–Kier alpha value is -1.54. The molecule has 0 radical (unpaired) electrons. The number of aromatic nitrogens is 5. The van der Waals surface area contributed by atoms with Gasteiger partial charge in [0.25, 0.3) is 0 Å². The number of hydrogen-bond donors (Lipinski definition) is 1. The fraction of sp³-hybridized carbons (Fsp3) is 0. The van der Waals surface area contributed by atoms with E-state index in [1.807, 2.05) is 0 Å². The first-order valence-electron chi connectivity index (χ1n) is 3.93. The average Bonchev–Trinajstić information content (AvgIpc) is 2.61. The molecule has 0 aliphatic carbocycles. The first kappa shape index (κ1) is 11.0. The number of carboxylic acids is 1. The Balaban J connectivity index is 2.45. The molecule has 0 atom stereocenters. The van der Waals surface area contributed by atoms with Crippen LogP contribution >= 0.6 is 27.5 Å². The highest BCUT2D eigenvalue weighted by molar-refractivity contribution is 9.10. The number of rotatable bonds is 2. The van der Waals surface area contributed by atoms with Gasteiger partial charge in [0.1, 0.15) is 0 Å². The van der Waals surface area contributed by atoms with Crippen LogP contribution in [0.5, 0.6) is 0 Å². The van der Waals surface area contributed by atoms with Gasteiger partial charge in [-0.1, -0.05) is 11.6 Å². The summed E-state index contributed by atoms with van der Waals surface area (Å²) in [4.78, 5) is 11.8. The lowest BCUT2D eigenvalue weighted by Gasteiger charge is -1.95. The zero-order valence-corrected chi connectivity index (χ0v) is 9.84. The zero-order valence-electron chi connectivity index (χ0n) is 7.50. The van der Waals surface area contributed by atoms with Gasteiger partial charge in [-0.3, -0.25) is 0 Å². The third-order valence-electron chi connectivity index (χ3n) is 1.60. The fourth-order valence-electron chi connectivity index (χ4n) is 0.938. The number of carbonyl (C=O) groups is 1. The molecule has 16 heavy (non-hydrogen) atoms. The minimum atomic E-state index is -1.18. The fourth-order valence-corrected chi connectivity index (χ4v) is 1.44. The first-order chi connectivity index (χ1) is 7.58. The van der Waals surface area contributed by atoms with Crippen LogP contribution in [0, 0.1) is 0 Å². The Labute approximate surface area is 102 Å². The zero-order chi connectivity index (χ0) is 11.7. The van der Waals surface area contributed by atoms with Crippen LogP contribution in [0.15, 0.2) is 16.7 Å². The normalized spacial score (nSPS) is 10.4. The van der Waals surface area contributed by atoms with Crippen LogP contribution in [0.25, 0.3) is 5.82 Å². The summed E-state index contributed by atoms with van der Waals surface area (Å²) in [6.07, 6.45) is 0. The Morgan fingerprint density at radius 2 is 2.12 bits per heavy atom. The van der Waals surface area contributed by atoms with Gasteiger partial charge >= 0.3 is 5.97 Å². The molecule has 0 unspecified atom stereocenters. The summed E-state index contributed by atoms with van der Waals surface area (Å²) in [5, 5.41) is 23.8. The number of nitrogens with zero attached hydrogens (tertiary/aromatic N) is 5. The molecule has 2 heterocycles. The summed E-state index contributed by atoms with van der Waals surface area (Å²) in [5.74, 6) is -0.905. The molecule has 7 nitrogen and oxygen atoms in total. The lowest BCUT2D eigenvalue weighted by molar-refractivity contribution is 0.0689. The number of hydrogen-bond acceptors (Lipinski definition) is 5. The molecule has 0 aromatic carbocycles. The van der Waals surface area contributed by atoms with Crippen molar-refractivity contribution in [3.8, 4) is 5.82 Å². The molecule has 2 aromatic heterocycles. The van der Waals surface area contributed by atoms with Gasteiger partial charge in [-0.05, 0) is 28.1 Å². The van der Waals surface area contributed by atoms with Gasteiger partial charge in [-0.25, -0.2) is 4.79 Å². The summed E-state index contributed by atoms with van der Waals surface area (Å²) < 4.78 is 0.122. The third-order valence-corrected chi connectivity index (χ3v) is 2.33. The minimum Gasteiger partial charge on any atom is -0.476 e. The second-order valence-electron chi connectivity index (χ2n) is 2.65. The van der Waals surface area contributed by atoms with Gasteiger partial charge in [0.15, 0.2) is 15.6 Å². The summed E-state index contributed by atoms with van der Waals surface area (Å²) in [7, 11) is 0. The van der Waals surface area contributed by atoms with Gasteiger partial charge in [-0.15, -0.1) is 25.2 Å². The molecule has 0 aliphatic rings. The van der Waals surface area contributed by atoms with E-state index in [2.05, 4.69) is 36.3 Å².